The van der Waals surface area contributed by atoms with Crippen LogP contribution in [0.25, 0.3) is 10.2 Å². The Morgan fingerprint density at radius 2 is 2.26 bits per heavy atom. The lowest BCUT2D eigenvalue weighted by Crippen LogP contribution is -2.00. The fraction of sp³-hybridized carbons (Fsp3) is 0.167. The Morgan fingerprint density at radius 3 is 2.95 bits per heavy atom. The van der Waals surface area contributed by atoms with E-state index < -0.39 is 0 Å². The molecule has 0 bridgehead atoms. The third-order valence-electron chi connectivity index (χ3n) is 2.36. The summed E-state index contributed by atoms with van der Waals surface area (Å²) in [5.41, 5.74) is 0.804. The highest BCUT2D eigenvalue weighted by Gasteiger charge is 2.19. The van der Waals surface area contributed by atoms with Gasteiger partial charge in [-0.2, -0.15) is 0 Å². The second kappa shape index (κ2) is 4.75. The minimum atomic E-state index is -0.356. The number of fused-ring (bicyclic) bond motifs is 1. The van der Waals surface area contributed by atoms with Crippen molar-refractivity contribution in [1.29, 1.82) is 0 Å². The van der Waals surface area contributed by atoms with E-state index >= 15 is 0 Å². The second-order valence-corrected chi connectivity index (χ2v) is 5.84. The van der Waals surface area contributed by atoms with Gasteiger partial charge >= 0.3 is 5.97 Å². The highest BCUT2D eigenvalue weighted by Crippen LogP contribution is 2.30. The standard InChI is InChI=1S/C12H8N2O3S2/c1-6(15)17-7-2-3-8-9(4-7)19-12(13-8)11-14-10(16)5-18-11/h2-4H,5H2,1H3. The second-order valence-electron chi connectivity index (χ2n) is 3.84. The summed E-state index contributed by atoms with van der Waals surface area (Å²) in [6.07, 6.45) is 0. The van der Waals surface area contributed by atoms with Crippen molar-refractivity contribution in [3.63, 3.8) is 0 Å². The van der Waals surface area contributed by atoms with Crippen molar-refractivity contribution in [3.8, 4) is 5.75 Å². The van der Waals surface area contributed by atoms with Gasteiger partial charge in [0.1, 0.15) is 15.8 Å². The highest BCUT2D eigenvalue weighted by molar-refractivity contribution is 8.15. The number of amides is 1. The van der Waals surface area contributed by atoms with Gasteiger partial charge in [-0.3, -0.25) is 9.59 Å². The number of carbonyl (C=O) groups is 2. The van der Waals surface area contributed by atoms with Gasteiger partial charge in [-0.05, 0) is 12.1 Å². The topological polar surface area (TPSA) is 68.6 Å². The number of carbonyl (C=O) groups excluding carboxylic acids is 2. The average molecular weight is 292 g/mol. The van der Waals surface area contributed by atoms with Crippen LogP contribution in [0.2, 0.25) is 0 Å². The van der Waals surface area contributed by atoms with Gasteiger partial charge in [0.2, 0.25) is 0 Å². The number of ether oxygens (including phenoxy) is 1. The van der Waals surface area contributed by atoms with Gasteiger partial charge in [0, 0.05) is 13.0 Å². The van der Waals surface area contributed by atoms with Crippen LogP contribution < -0.4 is 4.74 Å². The molecule has 0 N–H and O–H groups in total. The summed E-state index contributed by atoms with van der Waals surface area (Å²) in [5.74, 6) is 0.391. The molecule has 0 saturated heterocycles. The van der Waals surface area contributed by atoms with Gasteiger partial charge in [0.05, 0.1) is 16.0 Å². The van der Waals surface area contributed by atoms with E-state index in [4.69, 9.17) is 4.74 Å². The first kappa shape index (κ1) is 12.3. The summed E-state index contributed by atoms with van der Waals surface area (Å²) in [6.45, 7) is 1.36. The molecule has 0 fully saturated rings. The number of thiazole rings is 1. The number of benzene rings is 1. The maximum absolute atomic E-state index is 11.1. The van der Waals surface area contributed by atoms with Crippen molar-refractivity contribution < 1.29 is 14.3 Å². The molecule has 0 unspecified atom stereocenters. The van der Waals surface area contributed by atoms with Gasteiger partial charge in [0.15, 0.2) is 0 Å². The summed E-state index contributed by atoms with van der Waals surface area (Å²) < 4.78 is 5.92. The first-order valence-corrected chi connectivity index (χ1v) is 7.26. The molecule has 1 aromatic heterocycles. The quantitative estimate of drug-likeness (QED) is 0.627. The molecule has 96 valence electrons. The number of hydrogen-bond donors (Lipinski definition) is 0. The van der Waals surface area contributed by atoms with E-state index in [1.807, 2.05) is 0 Å². The molecule has 2 heterocycles. The molecule has 5 nitrogen and oxygen atoms in total. The zero-order valence-corrected chi connectivity index (χ0v) is 11.5. The Labute approximate surface area is 116 Å². The van der Waals surface area contributed by atoms with Crippen LogP contribution in [0.15, 0.2) is 23.2 Å². The summed E-state index contributed by atoms with van der Waals surface area (Å²) in [7, 11) is 0. The number of hydrogen-bond acceptors (Lipinski definition) is 6. The third kappa shape index (κ3) is 2.52. The minimum Gasteiger partial charge on any atom is -0.427 e. The number of rotatable bonds is 2. The molecule has 0 saturated carbocycles. The van der Waals surface area contributed by atoms with Gasteiger partial charge in [-0.1, -0.05) is 11.8 Å². The van der Waals surface area contributed by atoms with Crippen molar-refractivity contribution in [2.24, 2.45) is 4.99 Å². The van der Waals surface area contributed by atoms with E-state index in [-0.39, 0.29) is 11.9 Å². The molecular formula is C12H8N2O3S2. The molecule has 1 aromatic carbocycles. The SMILES string of the molecule is CC(=O)Oc1ccc2nc(C3=NC(=O)CS3)sc2c1. The van der Waals surface area contributed by atoms with Crippen molar-refractivity contribution in [2.45, 2.75) is 6.92 Å². The normalized spacial score (nSPS) is 14.8. The predicted octanol–water partition coefficient (Wildman–Crippen LogP) is 2.24. The van der Waals surface area contributed by atoms with Crippen molar-refractivity contribution in [1.82, 2.24) is 4.98 Å². The Bertz CT molecular complexity index is 721. The van der Waals surface area contributed by atoms with Crippen LogP contribution in [-0.2, 0) is 9.59 Å². The number of esters is 1. The van der Waals surface area contributed by atoms with Crippen LogP contribution in [0.1, 0.15) is 11.9 Å². The molecule has 0 atom stereocenters. The number of aromatic nitrogens is 1. The molecule has 1 aliphatic rings. The van der Waals surface area contributed by atoms with E-state index in [2.05, 4.69) is 9.98 Å². The number of aliphatic imine (C=N–C) groups is 1. The van der Waals surface area contributed by atoms with Gasteiger partial charge in [0.25, 0.3) is 5.91 Å². The van der Waals surface area contributed by atoms with Crippen molar-refractivity contribution >= 4 is 50.2 Å². The summed E-state index contributed by atoms with van der Waals surface area (Å²) in [6, 6.07) is 5.25. The largest absolute Gasteiger partial charge is 0.427 e. The lowest BCUT2D eigenvalue weighted by Gasteiger charge is -1.99. The predicted molar refractivity (Wildman–Crippen MR) is 74.9 cm³/mol. The Balaban J connectivity index is 1.99. The fourth-order valence-corrected chi connectivity index (χ4v) is 3.48. The summed E-state index contributed by atoms with van der Waals surface area (Å²) >= 11 is 2.83. The Morgan fingerprint density at radius 1 is 1.42 bits per heavy atom. The third-order valence-corrected chi connectivity index (χ3v) is 4.47. The minimum absolute atomic E-state index is 0.125. The smallest absolute Gasteiger partial charge is 0.308 e. The first-order chi connectivity index (χ1) is 9.11. The van der Waals surface area contributed by atoms with Gasteiger partial charge < -0.3 is 4.74 Å². The molecule has 3 rings (SSSR count). The zero-order chi connectivity index (χ0) is 13.4. The molecule has 1 amide bonds. The first-order valence-electron chi connectivity index (χ1n) is 5.45. The van der Waals surface area contributed by atoms with Gasteiger partial charge in [-0.25, -0.2) is 9.98 Å². The average Bonchev–Trinajstić information content (AvgIpc) is 2.93. The summed E-state index contributed by atoms with van der Waals surface area (Å²) in [5, 5.41) is 1.39. The molecule has 0 spiro atoms. The van der Waals surface area contributed by atoms with Gasteiger partial charge in [-0.15, -0.1) is 11.3 Å². The van der Waals surface area contributed by atoms with Crippen LogP contribution in [0.3, 0.4) is 0 Å². The molecular weight excluding hydrogens is 284 g/mol. The molecule has 2 aromatic rings. The number of thioether (sulfide) groups is 1. The van der Waals surface area contributed by atoms with Crippen molar-refractivity contribution in [2.75, 3.05) is 5.75 Å². The van der Waals surface area contributed by atoms with E-state index in [0.29, 0.717) is 16.5 Å². The van der Waals surface area contributed by atoms with E-state index in [1.165, 1.54) is 30.0 Å². The van der Waals surface area contributed by atoms with E-state index in [1.54, 1.807) is 18.2 Å². The highest BCUT2D eigenvalue weighted by atomic mass is 32.2. The molecule has 1 aliphatic heterocycles. The lowest BCUT2D eigenvalue weighted by atomic mass is 10.3. The maximum Gasteiger partial charge on any atom is 0.308 e. The fourth-order valence-electron chi connectivity index (χ4n) is 1.64. The Hall–Kier alpha value is -1.73. The van der Waals surface area contributed by atoms with Crippen LogP contribution in [0.4, 0.5) is 0 Å². The van der Waals surface area contributed by atoms with E-state index in [0.717, 1.165) is 15.2 Å². The van der Waals surface area contributed by atoms with Crippen LogP contribution in [0.5, 0.6) is 5.75 Å². The van der Waals surface area contributed by atoms with Crippen LogP contribution in [0, 0.1) is 0 Å². The lowest BCUT2D eigenvalue weighted by molar-refractivity contribution is -0.131. The van der Waals surface area contributed by atoms with Crippen LogP contribution in [-0.4, -0.2) is 27.7 Å². The maximum atomic E-state index is 11.1. The summed E-state index contributed by atoms with van der Waals surface area (Å²) in [4.78, 5) is 30.4. The van der Waals surface area contributed by atoms with Crippen molar-refractivity contribution in [3.05, 3.63) is 23.2 Å². The molecule has 19 heavy (non-hydrogen) atoms. The zero-order valence-electron chi connectivity index (χ0n) is 9.87. The Kier molecular flexibility index (Phi) is 3.08. The molecule has 0 radical (unpaired) electrons. The van der Waals surface area contributed by atoms with Crippen LogP contribution >= 0.6 is 23.1 Å². The monoisotopic (exact) mass is 292 g/mol. The molecule has 7 heteroatoms. The molecule has 0 aliphatic carbocycles. The van der Waals surface area contributed by atoms with E-state index in [9.17, 15) is 9.59 Å². The number of nitrogens with zero attached hydrogens (tertiary/aromatic N) is 2.